The molecule has 0 amide bonds. The van der Waals surface area contributed by atoms with Crippen LogP contribution in [0.3, 0.4) is 0 Å². The summed E-state index contributed by atoms with van der Waals surface area (Å²) in [4.78, 5) is 11.0. The van der Waals surface area contributed by atoms with Crippen LogP contribution in [0.5, 0.6) is 0 Å². The Balaban J connectivity index is 2.68. The number of hydrogen-bond acceptors (Lipinski definition) is 3. The number of para-hydroxylation sites is 1. The maximum absolute atomic E-state index is 12.0. The predicted octanol–water partition coefficient (Wildman–Crippen LogP) is 4.14. The molecule has 1 aromatic heterocycles. The first-order chi connectivity index (χ1) is 8.31. The van der Waals surface area contributed by atoms with Crippen molar-refractivity contribution in [2.45, 2.75) is 0 Å². The Bertz CT molecular complexity index is 789. The van der Waals surface area contributed by atoms with E-state index >= 15 is 0 Å². The van der Waals surface area contributed by atoms with Crippen molar-refractivity contribution in [3.8, 4) is 0 Å². The van der Waals surface area contributed by atoms with Gasteiger partial charge < -0.3 is 0 Å². The van der Waals surface area contributed by atoms with Crippen LogP contribution in [-0.2, 0) is 4.57 Å². The summed E-state index contributed by atoms with van der Waals surface area (Å²) in [5, 5.41) is 2.19. The summed E-state index contributed by atoms with van der Waals surface area (Å²) in [6.45, 7) is 0. The molecule has 0 aliphatic heterocycles. The summed E-state index contributed by atoms with van der Waals surface area (Å²) in [5.74, 6) is 0. The number of carbonyl (C=O) groups excluding carboxylic acids is 1. The van der Waals surface area contributed by atoms with Crippen LogP contribution in [0, 0.1) is 0 Å². The second kappa shape index (κ2) is 3.79. The third kappa shape index (κ3) is 1.48. The Labute approximate surface area is 97.5 Å². The Morgan fingerprint density at radius 2 is 1.76 bits per heavy atom. The van der Waals surface area contributed by atoms with Crippen LogP contribution in [0.15, 0.2) is 46.7 Å². The molecule has 3 rings (SSSR count). The van der Waals surface area contributed by atoms with Crippen molar-refractivity contribution in [2.75, 3.05) is 0 Å². The molecule has 0 bridgehead atoms. The summed E-state index contributed by atoms with van der Waals surface area (Å²) in [6, 6.07) is 12.7. The molecule has 0 fully saturated rings. The molecule has 17 heavy (non-hydrogen) atoms. The molecule has 1 atom stereocenters. The van der Waals surface area contributed by atoms with Gasteiger partial charge >= 0.3 is 7.65 Å². The van der Waals surface area contributed by atoms with Crippen molar-refractivity contribution in [1.82, 2.24) is 0 Å². The number of carbonyl (C=O) groups is 1. The van der Waals surface area contributed by atoms with Crippen LogP contribution in [0.4, 0.5) is 0 Å². The number of fused-ring (bicyclic) bond motifs is 3. The first-order valence-electron chi connectivity index (χ1n) is 5.14. The van der Waals surface area contributed by atoms with Crippen LogP contribution in [0.1, 0.15) is 10.4 Å². The number of hydrogen-bond donors (Lipinski definition) is 0. The zero-order valence-electron chi connectivity index (χ0n) is 8.79. The average molecular weight is 243 g/mol. The van der Waals surface area contributed by atoms with Gasteiger partial charge in [-0.05, 0) is 22.8 Å². The zero-order chi connectivity index (χ0) is 11.8. The molecule has 4 heteroatoms. The second-order valence-electron chi connectivity index (χ2n) is 3.71. The van der Waals surface area contributed by atoms with E-state index in [-0.39, 0.29) is 0 Å². The highest BCUT2D eigenvalue weighted by atomic mass is 31.1. The lowest BCUT2D eigenvalue weighted by Crippen LogP contribution is -1.82. The SMILES string of the molecule is O=Cc1cccc2c3ccccc3o[p+](=O)c12. The van der Waals surface area contributed by atoms with Gasteiger partial charge in [0.1, 0.15) is 0 Å². The van der Waals surface area contributed by atoms with Gasteiger partial charge in [-0.25, -0.2) is 4.20 Å². The van der Waals surface area contributed by atoms with Crippen LogP contribution in [0.2, 0.25) is 0 Å². The molecule has 3 aromatic rings. The average Bonchev–Trinajstić information content (AvgIpc) is 2.38. The minimum absolute atomic E-state index is 0.429. The minimum Gasteiger partial charge on any atom is -0.298 e. The Kier molecular flexibility index (Phi) is 2.27. The van der Waals surface area contributed by atoms with Crippen molar-refractivity contribution in [3.63, 3.8) is 0 Å². The zero-order valence-corrected chi connectivity index (χ0v) is 9.69. The van der Waals surface area contributed by atoms with E-state index in [4.69, 9.17) is 4.20 Å². The standard InChI is InChI=1S/C13H8O3P/c14-8-9-4-3-6-11-10-5-1-2-7-12(10)16-17(15)13(9)11/h1-8H/q+1. The van der Waals surface area contributed by atoms with Gasteiger partial charge in [0.2, 0.25) is 0 Å². The largest absolute Gasteiger partial charge is 0.598 e. The first-order valence-corrected chi connectivity index (χ1v) is 6.32. The molecule has 0 aliphatic carbocycles. The van der Waals surface area contributed by atoms with Gasteiger partial charge in [0.15, 0.2) is 11.9 Å². The Hall–Kier alpha value is -1.99. The molecule has 2 aromatic carbocycles. The third-order valence-electron chi connectivity index (χ3n) is 2.74. The van der Waals surface area contributed by atoms with Crippen LogP contribution in [-0.4, -0.2) is 6.29 Å². The lowest BCUT2D eigenvalue weighted by molar-refractivity contribution is 0.112. The lowest BCUT2D eigenvalue weighted by Gasteiger charge is -1.96. The van der Waals surface area contributed by atoms with Gasteiger partial charge in [0.25, 0.3) is 5.12 Å². The molecule has 1 heterocycles. The van der Waals surface area contributed by atoms with Gasteiger partial charge in [0.05, 0.1) is 5.56 Å². The minimum atomic E-state index is -2.00. The van der Waals surface area contributed by atoms with Crippen LogP contribution in [0.25, 0.3) is 21.5 Å². The maximum Gasteiger partial charge on any atom is 0.598 e. The van der Waals surface area contributed by atoms with Crippen molar-refractivity contribution < 1.29 is 13.6 Å². The monoisotopic (exact) mass is 243 g/mol. The molecule has 3 nitrogen and oxygen atoms in total. The normalized spacial score (nSPS) is 11.9. The van der Waals surface area contributed by atoms with Crippen molar-refractivity contribution in [1.29, 1.82) is 0 Å². The quantitative estimate of drug-likeness (QED) is 0.476. The van der Waals surface area contributed by atoms with E-state index in [1.165, 1.54) is 0 Å². The fourth-order valence-electron chi connectivity index (χ4n) is 1.98. The molecule has 0 saturated carbocycles. The molecule has 82 valence electrons. The highest BCUT2D eigenvalue weighted by Gasteiger charge is 2.19. The number of aldehydes is 1. The first kappa shape index (κ1) is 10.2. The van der Waals surface area contributed by atoms with E-state index in [2.05, 4.69) is 0 Å². The van der Waals surface area contributed by atoms with E-state index in [1.807, 2.05) is 24.3 Å². The number of benzene rings is 2. The van der Waals surface area contributed by atoms with Crippen LogP contribution >= 0.6 is 7.65 Å². The van der Waals surface area contributed by atoms with Gasteiger partial charge in [-0.2, -0.15) is 0 Å². The highest BCUT2D eigenvalue weighted by molar-refractivity contribution is 7.37. The van der Waals surface area contributed by atoms with Crippen molar-refractivity contribution in [3.05, 3.63) is 48.0 Å². The van der Waals surface area contributed by atoms with Crippen LogP contribution < -0.4 is 0 Å². The van der Waals surface area contributed by atoms with E-state index in [0.29, 0.717) is 22.6 Å². The van der Waals surface area contributed by atoms with E-state index < -0.39 is 7.65 Å². The topological polar surface area (TPSA) is 47.3 Å². The maximum atomic E-state index is 12.0. The van der Waals surface area contributed by atoms with Gasteiger partial charge in [-0.1, -0.05) is 24.3 Å². The van der Waals surface area contributed by atoms with Crippen molar-refractivity contribution >= 4 is 35.4 Å². The Morgan fingerprint density at radius 1 is 1.00 bits per heavy atom. The second-order valence-corrected chi connectivity index (χ2v) is 4.85. The molecular formula is C13H8O3P+. The lowest BCUT2D eigenvalue weighted by atomic mass is 10.1. The Morgan fingerprint density at radius 3 is 2.59 bits per heavy atom. The highest BCUT2D eigenvalue weighted by Crippen LogP contribution is 2.36. The predicted molar refractivity (Wildman–Crippen MR) is 66.7 cm³/mol. The third-order valence-corrected chi connectivity index (χ3v) is 3.96. The van der Waals surface area contributed by atoms with E-state index in [1.54, 1.807) is 18.2 Å². The molecule has 0 aliphatic rings. The fourth-order valence-corrected chi connectivity index (χ4v) is 3.14. The molecule has 1 unspecified atom stereocenters. The van der Waals surface area contributed by atoms with Gasteiger partial charge in [-0.3, -0.25) is 4.79 Å². The van der Waals surface area contributed by atoms with E-state index in [0.717, 1.165) is 10.8 Å². The summed E-state index contributed by atoms with van der Waals surface area (Å²) in [6.07, 6.45) is 0.712. The summed E-state index contributed by atoms with van der Waals surface area (Å²) in [7, 11) is -2.00. The van der Waals surface area contributed by atoms with E-state index in [9.17, 15) is 9.36 Å². The summed E-state index contributed by atoms with van der Waals surface area (Å²) in [5.41, 5.74) is 1.03. The molecule has 0 radical (unpaired) electrons. The summed E-state index contributed by atoms with van der Waals surface area (Å²) < 4.78 is 17.3. The molecule has 0 N–H and O–H groups in total. The van der Waals surface area contributed by atoms with Gasteiger partial charge in [0, 0.05) is 10.8 Å². The smallest absolute Gasteiger partial charge is 0.298 e. The molecular weight excluding hydrogens is 235 g/mol. The molecule has 0 spiro atoms. The molecule has 0 saturated heterocycles. The van der Waals surface area contributed by atoms with Crippen molar-refractivity contribution in [2.24, 2.45) is 0 Å². The summed E-state index contributed by atoms with van der Waals surface area (Å²) >= 11 is 0. The number of rotatable bonds is 1. The fraction of sp³-hybridized carbons (Fsp3) is 0. The van der Waals surface area contributed by atoms with Gasteiger partial charge in [-0.15, -0.1) is 0 Å².